The van der Waals surface area contributed by atoms with Crippen LogP contribution in [-0.2, 0) is 0 Å². The number of benzene rings is 2. The van der Waals surface area contributed by atoms with Crippen LogP contribution in [0.15, 0.2) is 40.9 Å². The normalized spacial score (nSPS) is 10.4. The third-order valence-electron chi connectivity index (χ3n) is 4.14. The first-order chi connectivity index (χ1) is 13.1. The summed E-state index contributed by atoms with van der Waals surface area (Å²) in [6.45, 7) is 0. The zero-order chi connectivity index (χ0) is 19.4. The summed E-state index contributed by atoms with van der Waals surface area (Å²) in [6, 6.07) is 10.9. The van der Waals surface area contributed by atoms with Gasteiger partial charge in [0.15, 0.2) is 28.8 Å². The summed E-state index contributed by atoms with van der Waals surface area (Å²) in [7, 11) is 7.90. The second-order valence-electron chi connectivity index (χ2n) is 5.56. The van der Waals surface area contributed by atoms with E-state index in [-0.39, 0.29) is 0 Å². The van der Waals surface area contributed by atoms with E-state index in [0.717, 1.165) is 5.56 Å². The fraction of sp³-hybridized carbons (Fsp3) is 0.250. The zero-order valence-electron chi connectivity index (χ0n) is 15.9. The van der Waals surface area contributed by atoms with Crippen molar-refractivity contribution in [3.05, 3.63) is 36.4 Å². The maximum absolute atomic E-state index is 5.56. The number of hydrogen-bond acceptors (Lipinski definition) is 7. The summed E-state index contributed by atoms with van der Waals surface area (Å²) in [5.41, 5.74) is 2.15. The molecule has 7 nitrogen and oxygen atoms in total. The summed E-state index contributed by atoms with van der Waals surface area (Å²) < 4.78 is 32.4. The van der Waals surface area contributed by atoms with Gasteiger partial charge in [-0.1, -0.05) is 5.16 Å². The van der Waals surface area contributed by atoms with E-state index in [1.165, 1.54) is 0 Å². The van der Waals surface area contributed by atoms with E-state index in [4.69, 9.17) is 28.2 Å². The molecule has 0 fully saturated rings. The molecule has 1 aromatic heterocycles. The van der Waals surface area contributed by atoms with Gasteiger partial charge in [-0.3, -0.25) is 0 Å². The highest BCUT2D eigenvalue weighted by Gasteiger charge is 2.19. The molecular weight excluding hydrogens is 350 g/mol. The van der Waals surface area contributed by atoms with Gasteiger partial charge in [-0.25, -0.2) is 0 Å². The van der Waals surface area contributed by atoms with Gasteiger partial charge in [0.25, 0.3) is 0 Å². The van der Waals surface area contributed by atoms with E-state index >= 15 is 0 Å². The molecule has 0 bridgehead atoms. The first-order valence-electron chi connectivity index (χ1n) is 8.14. The largest absolute Gasteiger partial charge is 0.497 e. The second-order valence-corrected chi connectivity index (χ2v) is 5.56. The molecule has 3 aromatic rings. The Kier molecular flexibility index (Phi) is 5.40. The van der Waals surface area contributed by atoms with Crippen molar-refractivity contribution in [2.24, 2.45) is 0 Å². The number of methoxy groups -OCH3 is 5. The van der Waals surface area contributed by atoms with Crippen LogP contribution >= 0.6 is 0 Å². The molecule has 1 heterocycles. The van der Waals surface area contributed by atoms with Crippen molar-refractivity contribution in [3.8, 4) is 51.3 Å². The smallest absolute Gasteiger partial charge is 0.172 e. The summed E-state index contributed by atoms with van der Waals surface area (Å²) in [5.74, 6) is 3.47. The Bertz CT molecular complexity index is 934. The van der Waals surface area contributed by atoms with Crippen LogP contribution in [0.3, 0.4) is 0 Å². The van der Waals surface area contributed by atoms with Crippen LogP contribution in [-0.4, -0.2) is 40.7 Å². The van der Waals surface area contributed by atoms with Crippen LogP contribution in [0.1, 0.15) is 0 Å². The molecule has 0 N–H and O–H groups in total. The molecule has 0 amide bonds. The third-order valence-corrected chi connectivity index (χ3v) is 4.14. The van der Waals surface area contributed by atoms with Crippen LogP contribution in [0, 0.1) is 0 Å². The molecular formula is C20H21NO6. The van der Waals surface area contributed by atoms with E-state index in [9.17, 15) is 0 Å². The van der Waals surface area contributed by atoms with E-state index in [1.54, 1.807) is 47.7 Å². The lowest BCUT2D eigenvalue weighted by Crippen LogP contribution is -1.95. The van der Waals surface area contributed by atoms with Crippen LogP contribution in [0.5, 0.6) is 28.7 Å². The Labute approximate surface area is 157 Å². The lowest BCUT2D eigenvalue weighted by atomic mass is 10.1. The molecule has 0 spiro atoms. The fourth-order valence-corrected chi connectivity index (χ4v) is 2.77. The first kappa shape index (κ1) is 18.4. The summed E-state index contributed by atoms with van der Waals surface area (Å²) in [6.07, 6.45) is 0. The zero-order valence-corrected chi connectivity index (χ0v) is 15.9. The highest BCUT2D eigenvalue weighted by Crippen LogP contribution is 2.42. The van der Waals surface area contributed by atoms with Crippen LogP contribution < -0.4 is 23.7 Å². The molecule has 0 unspecified atom stereocenters. The minimum atomic E-state index is 0.522. The lowest BCUT2D eigenvalue weighted by molar-refractivity contribution is 0.348. The van der Waals surface area contributed by atoms with Gasteiger partial charge in [-0.2, -0.15) is 0 Å². The number of ether oxygens (including phenoxy) is 5. The quantitative estimate of drug-likeness (QED) is 0.620. The highest BCUT2D eigenvalue weighted by atomic mass is 16.5. The predicted octanol–water partition coefficient (Wildman–Crippen LogP) is 4.05. The van der Waals surface area contributed by atoms with Crippen molar-refractivity contribution >= 4 is 0 Å². The Morgan fingerprint density at radius 2 is 1.44 bits per heavy atom. The lowest BCUT2D eigenvalue weighted by Gasteiger charge is -2.12. The standard InChI is InChI=1S/C20H21NO6/c1-22-13-9-14(20(26-5)19(10-13)25-4)17-11-15(21-27-17)12-6-7-16(23-2)18(8-12)24-3/h6-11H,1-5H3. The molecule has 0 atom stereocenters. The maximum atomic E-state index is 5.56. The molecule has 2 aromatic carbocycles. The van der Waals surface area contributed by atoms with Gasteiger partial charge < -0.3 is 28.2 Å². The second kappa shape index (κ2) is 7.90. The minimum Gasteiger partial charge on any atom is -0.497 e. The van der Waals surface area contributed by atoms with Crippen molar-refractivity contribution in [1.82, 2.24) is 5.16 Å². The number of nitrogens with zero attached hydrogens (tertiary/aromatic N) is 1. The van der Waals surface area contributed by atoms with Gasteiger partial charge >= 0.3 is 0 Å². The third kappa shape index (κ3) is 3.48. The van der Waals surface area contributed by atoms with E-state index < -0.39 is 0 Å². The Morgan fingerprint density at radius 3 is 2.07 bits per heavy atom. The van der Waals surface area contributed by atoms with E-state index in [2.05, 4.69) is 5.16 Å². The summed E-state index contributed by atoms with van der Waals surface area (Å²) in [4.78, 5) is 0. The van der Waals surface area contributed by atoms with Gasteiger partial charge in [0.05, 0.1) is 41.1 Å². The highest BCUT2D eigenvalue weighted by molar-refractivity contribution is 5.75. The average molecular weight is 371 g/mol. The molecule has 0 aliphatic carbocycles. The Morgan fingerprint density at radius 1 is 0.704 bits per heavy atom. The molecule has 27 heavy (non-hydrogen) atoms. The van der Waals surface area contributed by atoms with Gasteiger partial charge in [0.2, 0.25) is 0 Å². The van der Waals surface area contributed by atoms with Gasteiger partial charge in [0.1, 0.15) is 11.4 Å². The Hall–Kier alpha value is -3.35. The molecule has 7 heteroatoms. The van der Waals surface area contributed by atoms with Gasteiger partial charge in [0, 0.05) is 17.7 Å². The van der Waals surface area contributed by atoms with Crippen LogP contribution in [0.2, 0.25) is 0 Å². The molecule has 3 rings (SSSR count). The maximum Gasteiger partial charge on any atom is 0.172 e. The van der Waals surface area contributed by atoms with Crippen molar-refractivity contribution in [3.63, 3.8) is 0 Å². The van der Waals surface area contributed by atoms with Crippen LogP contribution in [0.4, 0.5) is 0 Å². The topological polar surface area (TPSA) is 72.2 Å². The van der Waals surface area contributed by atoms with E-state index in [0.29, 0.717) is 45.8 Å². The fourth-order valence-electron chi connectivity index (χ4n) is 2.77. The molecule has 0 saturated carbocycles. The summed E-state index contributed by atoms with van der Waals surface area (Å²) >= 11 is 0. The van der Waals surface area contributed by atoms with E-state index in [1.807, 2.05) is 24.3 Å². The van der Waals surface area contributed by atoms with Gasteiger partial charge in [-0.05, 0) is 24.3 Å². The monoisotopic (exact) mass is 371 g/mol. The Balaban J connectivity index is 2.06. The number of rotatable bonds is 7. The minimum absolute atomic E-state index is 0.522. The average Bonchev–Trinajstić information content (AvgIpc) is 3.22. The molecule has 0 saturated heterocycles. The summed E-state index contributed by atoms with van der Waals surface area (Å²) in [5, 5.41) is 4.17. The molecule has 142 valence electrons. The number of aromatic nitrogens is 1. The molecule has 0 aliphatic rings. The SMILES string of the molecule is COc1cc(OC)c(OC)c(-c2cc(-c3ccc(OC)c(OC)c3)no2)c1. The van der Waals surface area contributed by atoms with Crippen molar-refractivity contribution in [2.45, 2.75) is 0 Å². The first-order valence-corrected chi connectivity index (χ1v) is 8.14. The van der Waals surface area contributed by atoms with Crippen molar-refractivity contribution < 1.29 is 28.2 Å². The molecule has 0 radical (unpaired) electrons. The number of hydrogen-bond donors (Lipinski definition) is 0. The van der Waals surface area contributed by atoms with Crippen molar-refractivity contribution in [2.75, 3.05) is 35.5 Å². The van der Waals surface area contributed by atoms with Gasteiger partial charge in [-0.15, -0.1) is 0 Å². The van der Waals surface area contributed by atoms with Crippen LogP contribution in [0.25, 0.3) is 22.6 Å². The predicted molar refractivity (Wildman–Crippen MR) is 100 cm³/mol. The van der Waals surface area contributed by atoms with Crippen molar-refractivity contribution in [1.29, 1.82) is 0 Å². The molecule has 0 aliphatic heterocycles.